The van der Waals surface area contributed by atoms with E-state index in [1.807, 2.05) is 13.8 Å². The summed E-state index contributed by atoms with van der Waals surface area (Å²) in [4.78, 5) is 18.9. The van der Waals surface area contributed by atoms with Gasteiger partial charge in [-0.2, -0.15) is 0 Å². The highest BCUT2D eigenvalue weighted by atomic mass is 35.5. The van der Waals surface area contributed by atoms with Crippen LogP contribution in [0.1, 0.15) is 13.8 Å². The molecular formula is C9H10ClN3O. The van der Waals surface area contributed by atoms with Crippen molar-refractivity contribution in [3.8, 4) is 0 Å². The number of carbonyl (C=O) groups is 1. The Kier molecular flexibility index (Phi) is 3.59. The zero-order valence-electron chi connectivity index (χ0n) is 7.91. The standard InChI is InChI=1S/C9H10ClN3O/c1-6(2)3-9(14)13-8-5-11-4-7(10)12-8/h3-5H,1-2H3,(H,12,13,14). The maximum Gasteiger partial charge on any atom is 0.249 e. The predicted molar refractivity (Wildman–Crippen MR) is 55.1 cm³/mol. The quantitative estimate of drug-likeness (QED) is 0.762. The number of anilines is 1. The minimum absolute atomic E-state index is 0.235. The molecule has 0 saturated heterocycles. The van der Waals surface area contributed by atoms with E-state index in [9.17, 15) is 4.79 Å². The first-order chi connectivity index (χ1) is 6.58. The first-order valence-corrected chi connectivity index (χ1v) is 4.39. The third-order valence-electron chi connectivity index (χ3n) is 1.28. The number of amides is 1. The molecule has 1 aromatic rings. The molecule has 0 bridgehead atoms. The van der Waals surface area contributed by atoms with Gasteiger partial charge in [-0.15, -0.1) is 0 Å². The Balaban J connectivity index is 2.70. The number of nitrogens with one attached hydrogen (secondary N) is 1. The smallest absolute Gasteiger partial charge is 0.249 e. The molecule has 5 heteroatoms. The van der Waals surface area contributed by atoms with Gasteiger partial charge in [-0.3, -0.25) is 9.78 Å². The van der Waals surface area contributed by atoms with E-state index in [0.717, 1.165) is 5.57 Å². The van der Waals surface area contributed by atoms with Crippen LogP contribution in [-0.4, -0.2) is 15.9 Å². The van der Waals surface area contributed by atoms with E-state index < -0.39 is 0 Å². The summed E-state index contributed by atoms with van der Waals surface area (Å²) in [5.41, 5.74) is 0.914. The molecular weight excluding hydrogens is 202 g/mol. The number of carbonyl (C=O) groups excluding carboxylic acids is 1. The van der Waals surface area contributed by atoms with Gasteiger partial charge in [0.25, 0.3) is 0 Å². The Morgan fingerprint density at radius 2 is 2.21 bits per heavy atom. The summed E-state index contributed by atoms with van der Waals surface area (Å²) >= 11 is 5.59. The molecule has 1 heterocycles. The third-order valence-corrected chi connectivity index (χ3v) is 1.46. The number of hydrogen-bond acceptors (Lipinski definition) is 3. The van der Waals surface area contributed by atoms with Gasteiger partial charge in [0.05, 0.1) is 12.4 Å². The van der Waals surface area contributed by atoms with Gasteiger partial charge in [-0.25, -0.2) is 4.98 Å². The molecule has 0 radical (unpaired) electrons. The lowest BCUT2D eigenvalue weighted by atomic mass is 10.3. The molecule has 0 unspecified atom stereocenters. The van der Waals surface area contributed by atoms with E-state index in [2.05, 4.69) is 15.3 Å². The Labute approximate surface area is 87.0 Å². The summed E-state index contributed by atoms with van der Waals surface area (Å²) in [5, 5.41) is 2.79. The van der Waals surface area contributed by atoms with E-state index in [4.69, 9.17) is 11.6 Å². The predicted octanol–water partition coefficient (Wildman–Crippen LogP) is 2.03. The number of rotatable bonds is 2. The topological polar surface area (TPSA) is 54.9 Å². The molecule has 0 aliphatic carbocycles. The maximum absolute atomic E-state index is 11.2. The van der Waals surface area contributed by atoms with Gasteiger partial charge in [0.2, 0.25) is 5.91 Å². The summed E-state index contributed by atoms with van der Waals surface area (Å²) in [5.74, 6) is 0.113. The van der Waals surface area contributed by atoms with E-state index in [-0.39, 0.29) is 11.1 Å². The highest BCUT2D eigenvalue weighted by Gasteiger charge is 2.00. The van der Waals surface area contributed by atoms with Crippen molar-refractivity contribution in [1.29, 1.82) is 0 Å². The molecule has 0 saturated carbocycles. The van der Waals surface area contributed by atoms with Crippen LogP contribution in [0, 0.1) is 0 Å². The lowest BCUT2D eigenvalue weighted by Gasteiger charge is -2.00. The van der Waals surface area contributed by atoms with Crippen LogP contribution >= 0.6 is 11.6 Å². The summed E-state index contributed by atoms with van der Waals surface area (Å²) in [6.07, 6.45) is 4.31. The molecule has 1 rings (SSSR count). The van der Waals surface area contributed by atoms with E-state index >= 15 is 0 Å². The largest absolute Gasteiger partial charge is 0.306 e. The van der Waals surface area contributed by atoms with E-state index in [1.165, 1.54) is 18.5 Å². The number of halogens is 1. The third kappa shape index (κ3) is 3.53. The van der Waals surface area contributed by atoms with Gasteiger partial charge in [-0.1, -0.05) is 17.2 Å². The Morgan fingerprint density at radius 3 is 2.79 bits per heavy atom. The first kappa shape index (κ1) is 10.7. The average Bonchev–Trinajstić information content (AvgIpc) is 2.01. The van der Waals surface area contributed by atoms with Crippen molar-refractivity contribution in [2.45, 2.75) is 13.8 Å². The van der Waals surface area contributed by atoms with Crippen LogP contribution in [0.5, 0.6) is 0 Å². The molecule has 1 aromatic heterocycles. The number of hydrogen-bond donors (Lipinski definition) is 1. The molecule has 4 nitrogen and oxygen atoms in total. The monoisotopic (exact) mass is 211 g/mol. The molecule has 0 aromatic carbocycles. The van der Waals surface area contributed by atoms with Crippen molar-refractivity contribution in [2.75, 3.05) is 5.32 Å². The molecule has 74 valence electrons. The number of nitrogens with zero attached hydrogens (tertiary/aromatic N) is 2. The molecule has 1 amide bonds. The second-order valence-corrected chi connectivity index (χ2v) is 3.33. The number of allylic oxidation sites excluding steroid dienone is 1. The van der Waals surface area contributed by atoms with E-state index in [0.29, 0.717) is 5.82 Å². The second-order valence-electron chi connectivity index (χ2n) is 2.94. The SMILES string of the molecule is CC(C)=CC(=O)Nc1cncc(Cl)n1. The normalized spacial score (nSPS) is 9.36. The van der Waals surface area contributed by atoms with Crippen molar-refractivity contribution < 1.29 is 4.79 Å². The van der Waals surface area contributed by atoms with Gasteiger partial charge in [0.15, 0.2) is 5.82 Å². The fourth-order valence-corrected chi connectivity index (χ4v) is 0.974. The summed E-state index contributed by atoms with van der Waals surface area (Å²) < 4.78 is 0. The van der Waals surface area contributed by atoms with Gasteiger partial charge < -0.3 is 5.32 Å². The molecule has 0 aliphatic heterocycles. The van der Waals surface area contributed by atoms with Gasteiger partial charge >= 0.3 is 0 Å². The molecule has 0 spiro atoms. The average molecular weight is 212 g/mol. The fraction of sp³-hybridized carbons (Fsp3) is 0.222. The van der Waals surface area contributed by atoms with Crippen molar-refractivity contribution in [2.24, 2.45) is 0 Å². The zero-order chi connectivity index (χ0) is 10.6. The summed E-state index contributed by atoms with van der Waals surface area (Å²) in [6, 6.07) is 0. The second kappa shape index (κ2) is 4.72. The van der Waals surface area contributed by atoms with Crippen molar-refractivity contribution in [3.63, 3.8) is 0 Å². The zero-order valence-corrected chi connectivity index (χ0v) is 8.67. The summed E-state index contributed by atoms with van der Waals surface area (Å²) in [7, 11) is 0. The minimum atomic E-state index is -0.235. The van der Waals surface area contributed by atoms with Crippen LogP contribution in [0.15, 0.2) is 24.0 Å². The summed E-state index contributed by atoms with van der Waals surface area (Å²) in [6.45, 7) is 3.67. The molecule has 0 atom stereocenters. The van der Waals surface area contributed by atoms with Gasteiger partial charge in [0.1, 0.15) is 5.15 Å². The minimum Gasteiger partial charge on any atom is -0.306 e. The van der Waals surface area contributed by atoms with Crippen molar-refractivity contribution in [1.82, 2.24) is 9.97 Å². The number of aromatic nitrogens is 2. The van der Waals surface area contributed by atoms with Crippen LogP contribution in [-0.2, 0) is 4.79 Å². The lowest BCUT2D eigenvalue weighted by molar-refractivity contribution is -0.112. The molecule has 0 fully saturated rings. The highest BCUT2D eigenvalue weighted by Crippen LogP contribution is 2.06. The van der Waals surface area contributed by atoms with Crippen LogP contribution in [0.25, 0.3) is 0 Å². The van der Waals surface area contributed by atoms with Crippen molar-refractivity contribution in [3.05, 3.63) is 29.2 Å². The van der Waals surface area contributed by atoms with Crippen molar-refractivity contribution >= 4 is 23.3 Å². The Morgan fingerprint density at radius 1 is 1.50 bits per heavy atom. The maximum atomic E-state index is 11.2. The van der Waals surface area contributed by atoms with Gasteiger partial charge in [-0.05, 0) is 13.8 Å². The lowest BCUT2D eigenvalue weighted by Crippen LogP contribution is -2.10. The van der Waals surface area contributed by atoms with Crippen LogP contribution < -0.4 is 5.32 Å². The Hall–Kier alpha value is -1.42. The molecule has 1 N–H and O–H groups in total. The first-order valence-electron chi connectivity index (χ1n) is 4.01. The van der Waals surface area contributed by atoms with E-state index in [1.54, 1.807) is 0 Å². The fourth-order valence-electron chi connectivity index (χ4n) is 0.827. The van der Waals surface area contributed by atoms with Crippen LogP contribution in [0.4, 0.5) is 5.82 Å². The van der Waals surface area contributed by atoms with Gasteiger partial charge in [0, 0.05) is 6.08 Å². The van der Waals surface area contributed by atoms with Crippen LogP contribution in [0.2, 0.25) is 5.15 Å². The Bertz CT molecular complexity index is 372. The van der Waals surface area contributed by atoms with Crippen LogP contribution in [0.3, 0.4) is 0 Å². The molecule has 0 aliphatic rings. The highest BCUT2D eigenvalue weighted by molar-refractivity contribution is 6.29. The molecule has 14 heavy (non-hydrogen) atoms.